The van der Waals surface area contributed by atoms with E-state index in [4.69, 9.17) is 4.74 Å². The molecule has 5 rings (SSSR count). The molecule has 0 bridgehead atoms. The van der Waals surface area contributed by atoms with Gasteiger partial charge in [-0.1, -0.05) is 6.58 Å². The second-order valence-corrected chi connectivity index (χ2v) is 18.5. The standard InChI is InChI=1S/C14H24N2.C12H24N2O.C12H23NO2/c1-10(2)15-9-12-6-13(12)8-14(13,7-12)16-11(3,4)5;1-9(15)13-10-5-7-11(8-6-10)14-12(2,3)4;1-9(14)13-10-5-7-11(8-6-10)15-12(2,3)4/h15-16H,1,6-9H2,2-5H3;10-11,14H,5-8H2,1-4H3,(H,13,15);10-11H,5-8H2,1-4H3,(H,13,14). The second kappa shape index (κ2) is 14.5. The van der Waals surface area contributed by atoms with Crippen molar-refractivity contribution in [3.8, 4) is 0 Å². The van der Waals surface area contributed by atoms with Crippen molar-refractivity contribution in [2.75, 3.05) is 6.54 Å². The Balaban J connectivity index is 0.000000188. The smallest absolute Gasteiger partial charge is 0.217 e. The van der Waals surface area contributed by atoms with Crippen LogP contribution in [0.5, 0.6) is 0 Å². The van der Waals surface area contributed by atoms with Crippen LogP contribution in [0.2, 0.25) is 0 Å². The molecule has 0 aromatic carbocycles. The van der Waals surface area contributed by atoms with Crippen LogP contribution in [-0.4, -0.2) is 64.8 Å². The molecule has 5 aliphatic rings. The van der Waals surface area contributed by atoms with Gasteiger partial charge in [0.2, 0.25) is 11.8 Å². The molecule has 3 atom stereocenters. The molecular weight excluding hydrogens is 574 g/mol. The molecule has 0 radical (unpaired) electrons. The SMILES string of the molecule is C=C(C)NCC12CC3(NC(C)(C)C)CC13C2.CC(=O)NC1CCC(NC(C)(C)C)CC1.CC(=O)NC1CCC(OC(C)(C)C)CC1. The molecule has 0 saturated heterocycles. The Morgan fingerprint density at radius 2 is 1.17 bits per heavy atom. The summed E-state index contributed by atoms with van der Waals surface area (Å²) in [5.41, 5.74) is 3.34. The van der Waals surface area contributed by atoms with Crippen LogP contribution < -0.4 is 26.6 Å². The van der Waals surface area contributed by atoms with Crippen LogP contribution in [-0.2, 0) is 14.3 Å². The topological polar surface area (TPSA) is 104 Å². The van der Waals surface area contributed by atoms with Gasteiger partial charge in [-0.3, -0.25) is 9.59 Å². The minimum Gasteiger partial charge on any atom is -0.388 e. The summed E-state index contributed by atoms with van der Waals surface area (Å²) in [6.45, 7) is 30.0. The number of hydrogen-bond acceptors (Lipinski definition) is 6. The van der Waals surface area contributed by atoms with Crippen LogP contribution in [0.1, 0.15) is 154 Å². The lowest BCUT2D eigenvalue weighted by Gasteiger charge is -2.40. The summed E-state index contributed by atoms with van der Waals surface area (Å²) in [6.07, 6.45) is 13.3. The molecule has 0 aliphatic heterocycles. The first-order valence-electron chi connectivity index (χ1n) is 18.2. The Kier molecular flexibility index (Phi) is 12.2. The highest BCUT2D eigenvalue weighted by Crippen LogP contribution is 2.95. The van der Waals surface area contributed by atoms with Crippen molar-refractivity contribution in [1.29, 1.82) is 0 Å². The van der Waals surface area contributed by atoms with Crippen LogP contribution in [0.15, 0.2) is 12.3 Å². The van der Waals surface area contributed by atoms with Gasteiger partial charge in [-0.25, -0.2) is 0 Å². The van der Waals surface area contributed by atoms with Gasteiger partial charge in [0.25, 0.3) is 0 Å². The van der Waals surface area contributed by atoms with Crippen LogP contribution >= 0.6 is 0 Å². The molecule has 266 valence electrons. The second-order valence-electron chi connectivity index (χ2n) is 18.5. The van der Waals surface area contributed by atoms with Gasteiger partial charge >= 0.3 is 0 Å². The molecule has 1 spiro atoms. The summed E-state index contributed by atoms with van der Waals surface area (Å²) in [5, 5.41) is 16.9. The molecule has 8 heteroatoms. The normalized spacial score (nSPS) is 34.4. The number of ether oxygens (including phenoxy) is 1. The van der Waals surface area contributed by atoms with E-state index in [1.807, 2.05) is 0 Å². The third kappa shape index (κ3) is 11.2. The van der Waals surface area contributed by atoms with Crippen molar-refractivity contribution in [2.24, 2.45) is 10.8 Å². The van der Waals surface area contributed by atoms with E-state index in [0.717, 1.165) is 50.8 Å². The first-order valence-corrected chi connectivity index (χ1v) is 18.2. The van der Waals surface area contributed by atoms with E-state index < -0.39 is 0 Å². The Labute approximate surface area is 282 Å². The largest absolute Gasteiger partial charge is 0.388 e. The number of nitrogens with one attached hydrogen (secondary N) is 5. The van der Waals surface area contributed by atoms with Gasteiger partial charge in [-0.15, -0.1) is 0 Å². The maximum absolute atomic E-state index is 10.9. The first kappa shape index (κ1) is 38.8. The summed E-state index contributed by atoms with van der Waals surface area (Å²) in [4.78, 5) is 21.8. The first-order chi connectivity index (χ1) is 21.0. The van der Waals surface area contributed by atoms with E-state index in [2.05, 4.69) is 102 Å². The van der Waals surface area contributed by atoms with Gasteiger partial charge in [0.15, 0.2) is 0 Å². The fourth-order valence-corrected chi connectivity index (χ4v) is 8.80. The molecule has 46 heavy (non-hydrogen) atoms. The molecule has 0 aromatic heterocycles. The Morgan fingerprint density at radius 3 is 1.57 bits per heavy atom. The van der Waals surface area contributed by atoms with Crippen LogP contribution in [0.25, 0.3) is 0 Å². The van der Waals surface area contributed by atoms with Crippen LogP contribution in [0, 0.1) is 10.8 Å². The Morgan fingerprint density at radius 1 is 0.696 bits per heavy atom. The van der Waals surface area contributed by atoms with Gasteiger partial charge < -0.3 is 31.3 Å². The maximum Gasteiger partial charge on any atom is 0.217 e. The van der Waals surface area contributed by atoms with E-state index in [1.165, 1.54) is 32.1 Å². The minimum atomic E-state index is -0.0501. The fraction of sp³-hybridized carbons (Fsp3) is 0.895. The molecule has 5 aliphatic carbocycles. The Hall–Kier alpha value is -1.64. The number of carbonyl (C=O) groups is 2. The number of rotatable bonds is 8. The van der Waals surface area contributed by atoms with E-state index >= 15 is 0 Å². The van der Waals surface area contributed by atoms with Gasteiger partial charge in [-0.05, 0) is 151 Å². The third-order valence-corrected chi connectivity index (χ3v) is 10.3. The summed E-state index contributed by atoms with van der Waals surface area (Å²) in [7, 11) is 0. The van der Waals surface area contributed by atoms with Crippen molar-refractivity contribution in [3.63, 3.8) is 0 Å². The number of allylic oxidation sites excluding steroid dienone is 1. The zero-order valence-corrected chi connectivity index (χ0v) is 31.7. The van der Waals surface area contributed by atoms with E-state index in [0.29, 0.717) is 40.6 Å². The van der Waals surface area contributed by atoms with Crippen molar-refractivity contribution in [2.45, 2.75) is 200 Å². The van der Waals surface area contributed by atoms with Crippen molar-refractivity contribution in [3.05, 3.63) is 12.3 Å². The molecule has 0 aromatic rings. The maximum atomic E-state index is 10.9. The molecular formula is C38H71N5O3. The lowest BCUT2D eigenvalue weighted by molar-refractivity contribution is -0.121. The molecule has 5 fully saturated rings. The van der Waals surface area contributed by atoms with Crippen LogP contribution in [0.4, 0.5) is 0 Å². The molecule has 2 amide bonds. The highest BCUT2D eigenvalue weighted by molar-refractivity contribution is 5.73. The van der Waals surface area contributed by atoms with E-state index in [-0.39, 0.29) is 28.5 Å². The number of carbonyl (C=O) groups excluding carboxylic acids is 2. The predicted molar refractivity (Wildman–Crippen MR) is 191 cm³/mol. The molecule has 3 unspecified atom stereocenters. The van der Waals surface area contributed by atoms with E-state index in [1.54, 1.807) is 13.8 Å². The average Bonchev–Trinajstić information content (AvgIpc) is 3.61. The Bertz CT molecular complexity index is 1010. The van der Waals surface area contributed by atoms with Crippen LogP contribution in [0.3, 0.4) is 0 Å². The highest BCUT2D eigenvalue weighted by atomic mass is 16.5. The summed E-state index contributed by atoms with van der Waals surface area (Å²) >= 11 is 0. The number of hydrogen-bond donors (Lipinski definition) is 5. The van der Waals surface area contributed by atoms with Gasteiger partial charge in [0, 0.05) is 60.8 Å². The molecule has 8 nitrogen and oxygen atoms in total. The predicted octanol–water partition coefficient (Wildman–Crippen LogP) is 6.49. The monoisotopic (exact) mass is 646 g/mol. The highest BCUT2D eigenvalue weighted by Gasteiger charge is 2.96. The number of amides is 2. The van der Waals surface area contributed by atoms with Crippen molar-refractivity contribution >= 4 is 11.8 Å². The summed E-state index contributed by atoms with van der Waals surface area (Å²) < 4.78 is 5.92. The lowest BCUT2D eigenvalue weighted by atomic mass is 9.78. The summed E-state index contributed by atoms with van der Waals surface area (Å²) in [5.74, 6) is 0.178. The quantitative estimate of drug-likeness (QED) is 0.207. The molecule has 5 saturated carbocycles. The summed E-state index contributed by atoms with van der Waals surface area (Å²) in [6, 6.07) is 1.39. The van der Waals surface area contributed by atoms with E-state index in [9.17, 15) is 9.59 Å². The zero-order valence-electron chi connectivity index (χ0n) is 31.7. The van der Waals surface area contributed by atoms with Gasteiger partial charge in [0.1, 0.15) is 0 Å². The lowest BCUT2D eigenvalue weighted by Crippen LogP contribution is -2.54. The molecule has 5 N–H and O–H groups in total. The third-order valence-electron chi connectivity index (χ3n) is 10.3. The minimum absolute atomic E-state index is 0.0501. The molecule has 0 heterocycles. The zero-order chi connectivity index (χ0) is 34.8. The van der Waals surface area contributed by atoms with Crippen molar-refractivity contribution in [1.82, 2.24) is 26.6 Å². The van der Waals surface area contributed by atoms with Gasteiger partial charge in [0.05, 0.1) is 11.7 Å². The van der Waals surface area contributed by atoms with Gasteiger partial charge in [-0.2, -0.15) is 0 Å². The fourth-order valence-electron chi connectivity index (χ4n) is 8.80. The van der Waals surface area contributed by atoms with Crippen molar-refractivity contribution < 1.29 is 14.3 Å². The average molecular weight is 646 g/mol.